The van der Waals surface area contributed by atoms with Crippen LogP contribution in [0.15, 0.2) is 30.3 Å². The van der Waals surface area contributed by atoms with Crippen LogP contribution in [0.1, 0.15) is 38.1 Å². The van der Waals surface area contributed by atoms with Crippen LogP contribution in [-0.2, 0) is 0 Å². The standard InChI is InChI=1S/C7H6O2.C6H14.H3N/c8-7(9)6-4-2-1-3-5-6;1-5(2)6(3)4;/h1-5H,(H,8,9);5-6H,1-4H3;1H3. The summed E-state index contributed by atoms with van der Waals surface area (Å²) >= 11 is 0. The van der Waals surface area contributed by atoms with E-state index in [4.69, 9.17) is 5.11 Å². The molecule has 0 radical (unpaired) electrons. The Morgan fingerprint density at radius 3 is 1.56 bits per heavy atom. The van der Waals surface area contributed by atoms with E-state index in [1.54, 1.807) is 30.3 Å². The molecule has 1 rings (SSSR count). The Morgan fingerprint density at radius 1 is 1.00 bits per heavy atom. The first-order valence-electron chi connectivity index (χ1n) is 5.23. The van der Waals surface area contributed by atoms with Gasteiger partial charge >= 0.3 is 5.97 Å². The summed E-state index contributed by atoms with van der Waals surface area (Å²) in [5.41, 5.74) is 0.331. The van der Waals surface area contributed by atoms with Crippen LogP contribution < -0.4 is 6.15 Å². The van der Waals surface area contributed by atoms with Crippen LogP contribution in [0.4, 0.5) is 0 Å². The maximum absolute atomic E-state index is 10.2. The molecule has 3 nitrogen and oxygen atoms in total. The van der Waals surface area contributed by atoms with E-state index in [1.807, 2.05) is 0 Å². The predicted octanol–water partition coefficient (Wildman–Crippen LogP) is 3.85. The minimum Gasteiger partial charge on any atom is -0.478 e. The lowest BCUT2D eigenvalue weighted by Crippen LogP contribution is -1.95. The molecule has 0 spiro atoms. The Hall–Kier alpha value is -1.35. The fourth-order valence-electron chi connectivity index (χ4n) is 0.581. The molecule has 0 aliphatic heterocycles. The zero-order valence-corrected chi connectivity index (χ0v) is 10.6. The molecule has 4 N–H and O–H groups in total. The Labute approximate surface area is 98.1 Å². The zero-order chi connectivity index (χ0) is 11.8. The van der Waals surface area contributed by atoms with Gasteiger partial charge in [0.25, 0.3) is 0 Å². The Bertz CT molecular complexity index is 275. The normalized spacial score (nSPS) is 9.12. The lowest BCUT2D eigenvalue weighted by atomic mass is 10.0. The molecule has 1 aromatic rings. The molecule has 1 aromatic carbocycles. The number of benzene rings is 1. The van der Waals surface area contributed by atoms with E-state index in [-0.39, 0.29) is 6.15 Å². The molecule has 92 valence electrons. The Kier molecular flexibility index (Phi) is 9.51. The van der Waals surface area contributed by atoms with Crippen molar-refractivity contribution < 1.29 is 9.90 Å². The fraction of sp³-hybridized carbons (Fsp3) is 0.462. The highest BCUT2D eigenvalue weighted by Crippen LogP contribution is 2.05. The van der Waals surface area contributed by atoms with E-state index < -0.39 is 5.97 Å². The summed E-state index contributed by atoms with van der Waals surface area (Å²) in [4.78, 5) is 10.2. The monoisotopic (exact) mass is 225 g/mol. The smallest absolute Gasteiger partial charge is 0.335 e. The second kappa shape index (κ2) is 8.92. The van der Waals surface area contributed by atoms with Crippen molar-refractivity contribution in [3.8, 4) is 0 Å². The van der Waals surface area contributed by atoms with Gasteiger partial charge in [0.2, 0.25) is 0 Å². The molecule has 0 saturated carbocycles. The van der Waals surface area contributed by atoms with Crippen LogP contribution in [-0.4, -0.2) is 11.1 Å². The van der Waals surface area contributed by atoms with Gasteiger partial charge in [0.1, 0.15) is 0 Å². The second-order valence-electron chi connectivity index (χ2n) is 4.16. The largest absolute Gasteiger partial charge is 0.478 e. The number of hydrogen-bond donors (Lipinski definition) is 2. The van der Waals surface area contributed by atoms with Crippen molar-refractivity contribution in [2.75, 3.05) is 0 Å². The van der Waals surface area contributed by atoms with Crippen LogP contribution in [0.3, 0.4) is 0 Å². The van der Waals surface area contributed by atoms with Gasteiger partial charge in [0, 0.05) is 0 Å². The highest BCUT2D eigenvalue weighted by atomic mass is 16.4. The fourth-order valence-corrected chi connectivity index (χ4v) is 0.581. The van der Waals surface area contributed by atoms with Gasteiger partial charge in [-0.1, -0.05) is 45.9 Å². The van der Waals surface area contributed by atoms with E-state index in [0.29, 0.717) is 5.56 Å². The summed E-state index contributed by atoms with van der Waals surface area (Å²) in [5.74, 6) is 0.825. The van der Waals surface area contributed by atoms with Crippen molar-refractivity contribution in [2.24, 2.45) is 11.8 Å². The van der Waals surface area contributed by atoms with Crippen LogP contribution >= 0.6 is 0 Å². The van der Waals surface area contributed by atoms with Crippen molar-refractivity contribution in [2.45, 2.75) is 27.7 Å². The quantitative estimate of drug-likeness (QED) is 0.803. The molecular weight excluding hydrogens is 202 g/mol. The first kappa shape index (κ1) is 17.1. The minimum atomic E-state index is -0.879. The molecule has 0 aliphatic rings. The SMILES string of the molecule is CC(C)C(C)C.N.O=C(O)c1ccccc1. The highest BCUT2D eigenvalue weighted by molar-refractivity contribution is 5.87. The minimum absolute atomic E-state index is 0. The Balaban J connectivity index is 0. The number of carbonyl (C=O) groups is 1. The summed E-state index contributed by atoms with van der Waals surface area (Å²) in [5, 5.41) is 8.38. The molecule has 0 aromatic heterocycles. The summed E-state index contributed by atoms with van der Waals surface area (Å²) in [6.45, 7) is 8.96. The molecule has 0 fully saturated rings. The lowest BCUT2D eigenvalue weighted by Gasteiger charge is -2.05. The third-order valence-electron chi connectivity index (χ3n) is 2.35. The van der Waals surface area contributed by atoms with E-state index >= 15 is 0 Å². The van der Waals surface area contributed by atoms with Crippen LogP contribution in [0, 0.1) is 11.8 Å². The van der Waals surface area contributed by atoms with Crippen LogP contribution in [0.25, 0.3) is 0 Å². The average molecular weight is 225 g/mol. The zero-order valence-electron chi connectivity index (χ0n) is 10.6. The maximum atomic E-state index is 10.2. The second-order valence-corrected chi connectivity index (χ2v) is 4.16. The lowest BCUT2D eigenvalue weighted by molar-refractivity contribution is 0.0697. The van der Waals surface area contributed by atoms with E-state index in [9.17, 15) is 4.79 Å². The third-order valence-corrected chi connectivity index (χ3v) is 2.35. The van der Waals surface area contributed by atoms with Gasteiger partial charge in [-0.15, -0.1) is 0 Å². The van der Waals surface area contributed by atoms with Crippen molar-refractivity contribution in [3.63, 3.8) is 0 Å². The molecule has 0 heterocycles. The molecule has 0 amide bonds. The van der Waals surface area contributed by atoms with Gasteiger partial charge < -0.3 is 11.3 Å². The molecule has 0 bridgehead atoms. The van der Waals surface area contributed by atoms with Crippen molar-refractivity contribution in [1.29, 1.82) is 0 Å². The Morgan fingerprint density at radius 2 is 1.38 bits per heavy atom. The van der Waals surface area contributed by atoms with E-state index in [2.05, 4.69) is 27.7 Å². The van der Waals surface area contributed by atoms with Crippen LogP contribution in [0.5, 0.6) is 0 Å². The molecule has 16 heavy (non-hydrogen) atoms. The van der Waals surface area contributed by atoms with E-state index in [0.717, 1.165) is 11.8 Å². The number of carboxylic acids is 1. The summed E-state index contributed by atoms with van der Waals surface area (Å²) in [6, 6.07) is 8.30. The van der Waals surface area contributed by atoms with Crippen molar-refractivity contribution in [3.05, 3.63) is 35.9 Å². The average Bonchev–Trinajstić information content (AvgIpc) is 2.20. The molecule has 3 heteroatoms. The first-order chi connectivity index (χ1) is 6.95. The van der Waals surface area contributed by atoms with Gasteiger partial charge in [0.05, 0.1) is 5.56 Å². The third kappa shape index (κ3) is 8.00. The number of aromatic carboxylic acids is 1. The van der Waals surface area contributed by atoms with Crippen LogP contribution in [0.2, 0.25) is 0 Å². The van der Waals surface area contributed by atoms with Crippen molar-refractivity contribution >= 4 is 5.97 Å². The molecule has 0 saturated heterocycles. The van der Waals surface area contributed by atoms with Gasteiger partial charge in [-0.2, -0.15) is 0 Å². The number of hydrogen-bond acceptors (Lipinski definition) is 2. The molecule has 0 unspecified atom stereocenters. The summed E-state index contributed by atoms with van der Waals surface area (Å²) in [6.07, 6.45) is 0. The summed E-state index contributed by atoms with van der Waals surface area (Å²) in [7, 11) is 0. The first-order valence-corrected chi connectivity index (χ1v) is 5.23. The maximum Gasteiger partial charge on any atom is 0.335 e. The topological polar surface area (TPSA) is 72.3 Å². The number of carboxylic acid groups (broad SMARTS) is 1. The summed E-state index contributed by atoms with van der Waals surface area (Å²) < 4.78 is 0. The molecule has 0 aliphatic carbocycles. The van der Waals surface area contributed by atoms with E-state index in [1.165, 1.54) is 0 Å². The highest BCUT2D eigenvalue weighted by Gasteiger charge is 1.96. The van der Waals surface area contributed by atoms with Crippen molar-refractivity contribution in [1.82, 2.24) is 6.15 Å². The molecular formula is C13H23NO2. The van der Waals surface area contributed by atoms with Gasteiger partial charge in [-0.3, -0.25) is 0 Å². The van der Waals surface area contributed by atoms with Gasteiger partial charge in [0.15, 0.2) is 0 Å². The van der Waals surface area contributed by atoms with Gasteiger partial charge in [-0.25, -0.2) is 4.79 Å². The van der Waals surface area contributed by atoms with Gasteiger partial charge in [-0.05, 0) is 24.0 Å². The number of rotatable bonds is 2. The molecule has 0 atom stereocenters. The predicted molar refractivity (Wildman–Crippen MR) is 68.1 cm³/mol.